The Kier molecular flexibility index (Phi) is 5.05. The van der Waals surface area contributed by atoms with Crippen LogP contribution in [-0.2, 0) is 9.53 Å². The Labute approximate surface area is 122 Å². The highest BCUT2D eigenvalue weighted by atomic mass is 16.5. The Hall–Kier alpha value is -2.21. The number of pyridine rings is 1. The monoisotopic (exact) mass is 290 g/mol. The van der Waals surface area contributed by atoms with Gasteiger partial charge in [0.15, 0.2) is 0 Å². The number of nitrogens with zero attached hydrogens (tertiary/aromatic N) is 1. The van der Waals surface area contributed by atoms with Crippen molar-refractivity contribution in [2.24, 2.45) is 0 Å². The largest absolute Gasteiger partial charge is 0.478 e. The Bertz CT molecular complexity index is 556. The van der Waals surface area contributed by atoms with Gasteiger partial charge >= 0.3 is 5.97 Å². The minimum absolute atomic E-state index is 0.0551. The first-order chi connectivity index (χ1) is 10.1. The van der Waals surface area contributed by atoms with Crippen LogP contribution >= 0.6 is 0 Å². The summed E-state index contributed by atoms with van der Waals surface area (Å²) in [6, 6.07) is 3.38. The number of ether oxygens (including phenoxy) is 1. The van der Waals surface area contributed by atoms with E-state index in [1.807, 2.05) is 6.92 Å². The van der Waals surface area contributed by atoms with E-state index in [2.05, 4.69) is 10.3 Å². The van der Waals surface area contributed by atoms with Gasteiger partial charge in [0.2, 0.25) is 0 Å². The molecule has 112 valence electrons. The summed E-state index contributed by atoms with van der Waals surface area (Å²) < 4.78 is 5.44. The van der Waals surface area contributed by atoms with Crippen LogP contribution in [0.4, 0.5) is 0 Å². The van der Waals surface area contributed by atoms with E-state index in [4.69, 9.17) is 9.84 Å². The van der Waals surface area contributed by atoms with Crippen molar-refractivity contribution in [1.29, 1.82) is 0 Å². The van der Waals surface area contributed by atoms with Gasteiger partial charge in [-0.3, -0.25) is 9.78 Å². The van der Waals surface area contributed by atoms with E-state index in [1.54, 1.807) is 12.1 Å². The molecule has 1 amide bonds. The molecule has 1 aromatic rings. The van der Waals surface area contributed by atoms with Gasteiger partial charge in [-0.2, -0.15) is 0 Å². The summed E-state index contributed by atoms with van der Waals surface area (Å²) in [6.45, 7) is 2.60. The lowest BCUT2D eigenvalue weighted by Crippen LogP contribution is -2.41. The van der Waals surface area contributed by atoms with E-state index < -0.39 is 5.97 Å². The van der Waals surface area contributed by atoms with Gasteiger partial charge in [0.1, 0.15) is 5.69 Å². The van der Waals surface area contributed by atoms with Crippen LogP contribution in [0.25, 0.3) is 6.08 Å². The molecule has 0 aromatic carbocycles. The highest BCUT2D eigenvalue weighted by Gasteiger charge is 2.22. The topological polar surface area (TPSA) is 88.5 Å². The molecule has 0 saturated carbocycles. The molecule has 1 aliphatic heterocycles. The second kappa shape index (κ2) is 6.99. The molecule has 1 saturated heterocycles. The van der Waals surface area contributed by atoms with Crippen molar-refractivity contribution in [3.63, 3.8) is 0 Å². The van der Waals surface area contributed by atoms with Gasteiger partial charge in [-0.15, -0.1) is 0 Å². The number of carboxylic acid groups (broad SMARTS) is 1. The number of aromatic nitrogens is 1. The van der Waals surface area contributed by atoms with Crippen LogP contribution in [0.2, 0.25) is 0 Å². The number of aliphatic carboxylic acids is 1. The molecule has 0 bridgehead atoms. The molecule has 2 N–H and O–H groups in total. The van der Waals surface area contributed by atoms with Gasteiger partial charge in [0.05, 0.1) is 6.10 Å². The summed E-state index contributed by atoms with van der Waals surface area (Å²) in [5.41, 5.74) is 0.714. The highest BCUT2D eigenvalue weighted by molar-refractivity contribution is 5.97. The van der Waals surface area contributed by atoms with Gasteiger partial charge in [-0.25, -0.2) is 4.79 Å². The molecule has 21 heavy (non-hydrogen) atoms. The van der Waals surface area contributed by atoms with Crippen LogP contribution in [-0.4, -0.2) is 40.7 Å². The fourth-order valence-electron chi connectivity index (χ4n) is 2.29. The molecule has 0 spiro atoms. The van der Waals surface area contributed by atoms with Crippen LogP contribution in [0.1, 0.15) is 35.8 Å². The number of carbonyl (C=O) groups is 2. The first kappa shape index (κ1) is 15.2. The number of carbonyl (C=O) groups excluding carboxylic acids is 1. The first-order valence-corrected chi connectivity index (χ1v) is 6.84. The van der Waals surface area contributed by atoms with Crippen molar-refractivity contribution >= 4 is 18.0 Å². The molecule has 1 aliphatic rings. The Morgan fingerprint density at radius 3 is 3.05 bits per heavy atom. The summed E-state index contributed by atoms with van der Waals surface area (Å²) in [5, 5.41) is 11.6. The second-order valence-corrected chi connectivity index (χ2v) is 4.99. The van der Waals surface area contributed by atoms with Crippen molar-refractivity contribution in [3.8, 4) is 0 Å². The number of hydrogen-bond acceptors (Lipinski definition) is 4. The predicted octanol–water partition coefficient (Wildman–Crippen LogP) is 1.48. The Morgan fingerprint density at radius 1 is 1.52 bits per heavy atom. The van der Waals surface area contributed by atoms with Crippen LogP contribution in [0.5, 0.6) is 0 Å². The van der Waals surface area contributed by atoms with Gasteiger partial charge in [0.25, 0.3) is 5.91 Å². The van der Waals surface area contributed by atoms with Crippen LogP contribution in [0.15, 0.2) is 24.4 Å². The fraction of sp³-hybridized carbons (Fsp3) is 0.400. The van der Waals surface area contributed by atoms with Gasteiger partial charge in [0, 0.05) is 30.5 Å². The van der Waals surface area contributed by atoms with Crippen LogP contribution in [0.3, 0.4) is 0 Å². The minimum atomic E-state index is -1.07. The van der Waals surface area contributed by atoms with Crippen LogP contribution < -0.4 is 5.32 Å². The number of rotatable bonds is 4. The molecular formula is C15H18N2O4. The molecule has 6 heteroatoms. The average Bonchev–Trinajstić information content (AvgIpc) is 2.45. The minimum Gasteiger partial charge on any atom is -0.478 e. The highest BCUT2D eigenvalue weighted by Crippen LogP contribution is 2.15. The summed E-state index contributed by atoms with van der Waals surface area (Å²) in [7, 11) is 0. The van der Waals surface area contributed by atoms with E-state index >= 15 is 0 Å². The molecule has 2 heterocycles. The summed E-state index contributed by atoms with van der Waals surface area (Å²) in [6.07, 6.45) is 5.53. The second-order valence-electron chi connectivity index (χ2n) is 4.99. The normalized spacial score (nSPS) is 22.1. The van der Waals surface area contributed by atoms with E-state index in [9.17, 15) is 9.59 Å². The maximum Gasteiger partial charge on any atom is 0.328 e. The standard InChI is InChI=1S/C15H18N2O4/c1-10-9-12(6-8-21-10)17-15(20)14-11(3-2-7-16-14)4-5-13(18)19/h2-5,7,10,12H,6,8-9H2,1H3,(H,17,20)(H,18,19)/b5-4+. The third-order valence-electron chi connectivity index (χ3n) is 3.28. The van der Waals surface area contributed by atoms with E-state index in [0.29, 0.717) is 12.2 Å². The predicted molar refractivity (Wildman–Crippen MR) is 76.8 cm³/mol. The third-order valence-corrected chi connectivity index (χ3v) is 3.28. The summed E-state index contributed by atoms with van der Waals surface area (Å²) in [4.78, 5) is 26.9. The Balaban J connectivity index is 2.10. The number of carboxylic acids is 1. The molecule has 1 aromatic heterocycles. The van der Waals surface area contributed by atoms with E-state index in [0.717, 1.165) is 18.9 Å². The van der Waals surface area contributed by atoms with Crippen molar-refractivity contribution in [3.05, 3.63) is 35.7 Å². The van der Waals surface area contributed by atoms with Gasteiger partial charge < -0.3 is 15.2 Å². The fourth-order valence-corrected chi connectivity index (χ4v) is 2.29. The third kappa shape index (κ3) is 4.39. The number of amides is 1. The average molecular weight is 290 g/mol. The summed E-state index contributed by atoms with van der Waals surface area (Å²) >= 11 is 0. The zero-order valence-corrected chi connectivity index (χ0v) is 11.8. The number of nitrogens with one attached hydrogen (secondary N) is 1. The molecule has 1 fully saturated rings. The SMILES string of the molecule is CC1CC(NC(=O)c2ncccc2/C=C/C(=O)O)CCO1. The molecule has 2 rings (SSSR count). The maximum atomic E-state index is 12.3. The molecular weight excluding hydrogens is 272 g/mol. The lowest BCUT2D eigenvalue weighted by molar-refractivity contribution is -0.131. The zero-order chi connectivity index (χ0) is 15.2. The summed E-state index contributed by atoms with van der Waals surface area (Å²) in [5.74, 6) is -1.36. The lowest BCUT2D eigenvalue weighted by Gasteiger charge is -2.27. The smallest absolute Gasteiger partial charge is 0.328 e. The Morgan fingerprint density at radius 2 is 2.33 bits per heavy atom. The van der Waals surface area contributed by atoms with Crippen molar-refractivity contribution in [1.82, 2.24) is 10.3 Å². The maximum absolute atomic E-state index is 12.3. The molecule has 0 aliphatic carbocycles. The van der Waals surface area contributed by atoms with Crippen LogP contribution in [0, 0.1) is 0 Å². The molecule has 0 radical (unpaired) electrons. The van der Waals surface area contributed by atoms with E-state index in [-0.39, 0.29) is 23.7 Å². The van der Waals surface area contributed by atoms with Crippen molar-refractivity contribution in [2.75, 3.05) is 6.61 Å². The molecule has 6 nitrogen and oxygen atoms in total. The first-order valence-electron chi connectivity index (χ1n) is 6.84. The molecule has 2 unspecified atom stereocenters. The van der Waals surface area contributed by atoms with E-state index in [1.165, 1.54) is 12.3 Å². The zero-order valence-electron chi connectivity index (χ0n) is 11.8. The van der Waals surface area contributed by atoms with Gasteiger partial charge in [-0.1, -0.05) is 6.07 Å². The molecule has 2 atom stereocenters. The number of hydrogen-bond donors (Lipinski definition) is 2. The van der Waals surface area contributed by atoms with Crippen molar-refractivity contribution < 1.29 is 19.4 Å². The van der Waals surface area contributed by atoms with Crippen molar-refractivity contribution in [2.45, 2.75) is 31.9 Å². The lowest BCUT2D eigenvalue weighted by atomic mass is 10.0. The van der Waals surface area contributed by atoms with Gasteiger partial charge in [-0.05, 0) is 31.9 Å². The quantitative estimate of drug-likeness (QED) is 0.820.